The van der Waals surface area contributed by atoms with E-state index in [9.17, 15) is 4.79 Å². The second kappa shape index (κ2) is 31.1. The summed E-state index contributed by atoms with van der Waals surface area (Å²) in [5.41, 5.74) is 0. The molecular weight excluding hydrogens is 436 g/mol. The maximum Gasteiger partial charge on any atom is 0.132 e. The Labute approximate surface area is 225 Å². The quantitative estimate of drug-likeness (QED) is 0.0863. The maximum atomic E-state index is 12.1. The molecule has 0 aromatic rings. The van der Waals surface area contributed by atoms with Gasteiger partial charge in [0.15, 0.2) is 0 Å². The average Bonchev–Trinajstić information content (AvgIpc) is 2.88. The van der Waals surface area contributed by atoms with Crippen LogP contribution in [0.5, 0.6) is 0 Å². The van der Waals surface area contributed by atoms with Gasteiger partial charge in [0, 0.05) is 12.8 Å². The molecular formula is C35H58O. The van der Waals surface area contributed by atoms with Crippen LogP contribution < -0.4 is 0 Å². The molecule has 0 bridgehead atoms. The summed E-state index contributed by atoms with van der Waals surface area (Å²) in [6.45, 7) is 4.34. The van der Waals surface area contributed by atoms with E-state index < -0.39 is 0 Å². The van der Waals surface area contributed by atoms with Gasteiger partial charge in [0.2, 0.25) is 0 Å². The number of hydrogen-bond donors (Lipinski definition) is 0. The number of ketones is 1. The fourth-order valence-electron chi connectivity index (χ4n) is 4.01. The first-order valence-electron chi connectivity index (χ1n) is 15.2. The second-order valence-corrected chi connectivity index (χ2v) is 9.74. The molecule has 204 valence electrons. The SMILES string of the molecule is CC/C=C\C/C=C\C/C=C\CCCCCCCC(=O)CCCCCCC/C=C\C/C=C\C/C=C\CC. The van der Waals surface area contributed by atoms with E-state index in [-0.39, 0.29) is 0 Å². The van der Waals surface area contributed by atoms with E-state index in [0.29, 0.717) is 5.78 Å². The van der Waals surface area contributed by atoms with Gasteiger partial charge in [0.25, 0.3) is 0 Å². The van der Waals surface area contributed by atoms with Gasteiger partial charge in [-0.3, -0.25) is 4.79 Å². The molecule has 0 aliphatic rings. The highest BCUT2D eigenvalue weighted by Gasteiger charge is 2.01. The predicted octanol–water partition coefficient (Wildman–Crippen LogP) is 11.7. The van der Waals surface area contributed by atoms with Gasteiger partial charge in [-0.25, -0.2) is 0 Å². The lowest BCUT2D eigenvalue weighted by Crippen LogP contribution is -1.97. The Bertz CT molecular complexity index is 575. The number of hydrogen-bond acceptors (Lipinski definition) is 1. The van der Waals surface area contributed by atoms with Gasteiger partial charge in [0.1, 0.15) is 5.78 Å². The third-order valence-electron chi connectivity index (χ3n) is 6.21. The first-order valence-corrected chi connectivity index (χ1v) is 15.2. The van der Waals surface area contributed by atoms with Gasteiger partial charge in [-0.15, -0.1) is 0 Å². The van der Waals surface area contributed by atoms with Crippen molar-refractivity contribution in [3.63, 3.8) is 0 Å². The van der Waals surface area contributed by atoms with Crippen LogP contribution >= 0.6 is 0 Å². The van der Waals surface area contributed by atoms with Crippen molar-refractivity contribution in [2.75, 3.05) is 0 Å². The van der Waals surface area contributed by atoms with Gasteiger partial charge in [0.05, 0.1) is 0 Å². The zero-order valence-electron chi connectivity index (χ0n) is 24.0. The van der Waals surface area contributed by atoms with Crippen LogP contribution in [0.3, 0.4) is 0 Å². The summed E-state index contributed by atoms with van der Waals surface area (Å²) in [5, 5.41) is 0. The van der Waals surface area contributed by atoms with Crippen LogP contribution in [-0.4, -0.2) is 5.78 Å². The molecule has 0 spiro atoms. The Morgan fingerprint density at radius 2 is 0.694 bits per heavy atom. The van der Waals surface area contributed by atoms with Gasteiger partial charge in [-0.1, -0.05) is 125 Å². The van der Waals surface area contributed by atoms with Crippen molar-refractivity contribution in [2.45, 2.75) is 142 Å². The van der Waals surface area contributed by atoms with Crippen molar-refractivity contribution in [2.24, 2.45) is 0 Å². The molecule has 0 aliphatic heterocycles. The minimum absolute atomic E-state index is 0.484. The number of rotatable bonds is 26. The van der Waals surface area contributed by atoms with Crippen molar-refractivity contribution in [3.8, 4) is 0 Å². The largest absolute Gasteiger partial charge is 0.300 e. The highest BCUT2D eigenvalue weighted by atomic mass is 16.1. The van der Waals surface area contributed by atoms with Crippen LogP contribution in [0, 0.1) is 0 Å². The molecule has 0 N–H and O–H groups in total. The molecule has 0 aromatic carbocycles. The Morgan fingerprint density at radius 3 is 1.08 bits per heavy atom. The second-order valence-electron chi connectivity index (χ2n) is 9.74. The third-order valence-corrected chi connectivity index (χ3v) is 6.21. The Hall–Kier alpha value is -1.89. The van der Waals surface area contributed by atoms with E-state index in [1.54, 1.807) is 0 Å². The van der Waals surface area contributed by atoms with E-state index >= 15 is 0 Å². The number of Topliss-reactive ketones (excluding diaryl/α,β-unsaturated/α-hetero) is 1. The van der Waals surface area contributed by atoms with E-state index in [2.05, 4.69) is 86.8 Å². The Morgan fingerprint density at radius 1 is 0.389 bits per heavy atom. The van der Waals surface area contributed by atoms with Crippen LogP contribution in [0.1, 0.15) is 142 Å². The average molecular weight is 495 g/mol. The zero-order valence-corrected chi connectivity index (χ0v) is 24.0. The summed E-state index contributed by atoms with van der Waals surface area (Å²) < 4.78 is 0. The van der Waals surface area contributed by atoms with Crippen molar-refractivity contribution < 1.29 is 4.79 Å². The smallest absolute Gasteiger partial charge is 0.132 e. The van der Waals surface area contributed by atoms with Gasteiger partial charge in [-0.05, 0) is 77.0 Å². The van der Waals surface area contributed by atoms with Crippen LogP contribution in [-0.2, 0) is 4.79 Å². The minimum atomic E-state index is 0.484. The lowest BCUT2D eigenvalue weighted by Gasteiger charge is -2.02. The monoisotopic (exact) mass is 494 g/mol. The Kier molecular flexibility index (Phi) is 29.5. The summed E-state index contributed by atoms with van der Waals surface area (Å²) >= 11 is 0. The molecule has 36 heavy (non-hydrogen) atoms. The van der Waals surface area contributed by atoms with Crippen LogP contribution in [0.25, 0.3) is 0 Å². The Balaban J connectivity index is 3.35. The first kappa shape index (κ1) is 34.1. The van der Waals surface area contributed by atoms with E-state index in [0.717, 1.165) is 64.2 Å². The molecule has 0 aromatic heterocycles. The van der Waals surface area contributed by atoms with Gasteiger partial charge in [-0.2, -0.15) is 0 Å². The molecule has 0 aliphatic carbocycles. The van der Waals surface area contributed by atoms with Gasteiger partial charge < -0.3 is 0 Å². The minimum Gasteiger partial charge on any atom is -0.300 e. The fourth-order valence-corrected chi connectivity index (χ4v) is 4.01. The number of unbranched alkanes of at least 4 members (excludes halogenated alkanes) is 10. The third kappa shape index (κ3) is 30.1. The van der Waals surface area contributed by atoms with Crippen LogP contribution in [0.2, 0.25) is 0 Å². The fraction of sp³-hybridized carbons (Fsp3) is 0.629. The molecule has 1 heteroatoms. The molecule has 0 heterocycles. The maximum absolute atomic E-state index is 12.1. The van der Waals surface area contributed by atoms with Crippen molar-refractivity contribution in [3.05, 3.63) is 72.9 Å². The molecule has 1 nitrogen and oxygen atoms in total. The van der Waals surface area contributed by atoms with E-state index in [4.69, 9.17) is 0 Å². The zero-order chi connectivity index (χ0) is 26.2. The summed E-state index contributed by atoms with van der Waals surface area (Å²) in [6.07, 6.45) is 49.8. The highest BCUT2D eigenvalue weighted by molar-refractivity contribution is 5.78. The molecule has 0 atom stereocenters. The van der Waals surface area contributed by atoms with Gasteiger partial charge >= 0.3 is 0 Å². The lowest BCUT2D eigenvalue weighted by molar-refractivity contribution is -0.119. The lowest BCUT2D eigenvalue weighted by atomic mass is 10.0. The summed E-state index contributed by atoms with van der Waals surface area (Å²) in [5.74, 6) is 0.484. The summed E-state index contributed by atoms with van der Waals surface area (Å²) in [6, 6.07) is 0. The molecule has 0 saturated carbocycles. The van der Waals surface area contributed by atoms with Crippen LogP contribution in [0.15, 0.2) is 72.9 Å². The van der Waals surface area contributed by atoms with Crippen molar-refractivity contribution in [1.82, 2.24) is 0 Å². The molecule has 0 amide bonds. The van der Waals surface area contributed by atoms with Crippen LogP contribution in [0.4, 0.5) is 0 Å². The molecule has 0 saturated heterocycles. The molecule has 0 fully saturated rings. The highest BCUT2D eigenvalue weighted by Crippen LogP contribution is 2.12. The predicted molar refractivity (Wildman–Crippen MR) is 164 cm³/mol. The standard InChI is InChI=1S/C35H58O/c1-3-5-7-9-11-13-15-17-19-21-23-25-27-29-31-33-35(36)34-32-30-28-26-24-22-20-18-16-14-12-10-8-6-4-2/h5-8,11-14,17-20H,3-4,9-10,15-16,21-34H2,1-2H3/b7-5-,8-6-,13-11-,14-12-,19-17-,20-18-. The molecule has 0 unspecified atom stereocenters. The summed E-state index contributed by atoms with van der Waals surface area (Å²) in [7, 11) is 0. The van der Waals surface area contributed by atoms with E-state index in [1.807, 2.05) is 0 Å². The summed E-state index contributed by atoms with van der Waals surface area (Å²) in [4.78, 5) is 12.1. The van der Waals surface area contributed by atoms with Crippen molar-refractivity contribution >= 4 is 5.78 Å². The number of carbonyl (C=O) groups is 1. The molecule has 0 rings (SSSR count). The van der Waals surface area contributed by atoms with E-state index in [1.165, 1.54) is 64.2 Å². The number of allylic oxidation sites excluding steroid dienone is 12. The first-order chi connectivity index (χ1) is 17.8. The topological polar surface area (TPSA) is 17.1 Å². The van der Waals surface area contributed by atoms with Crippen molar-refractivity contribution in [1.29, 1.82) is 0 Å². The number of carbonyl (C=O) groups excluding carboxylic acids is 1. The normalized spacial score (nSPS) is 12.7. The molecule has 0 radical (unpaired) electrons.